The van der Waals surface area contributed by atoms with E-state index in [1.54, 1.807) is 18.5 Å². The molecule has 5 heteroatoms. The Hall–Kier alpha value is -4.54. The monoisotopic (exact) mass is 487 g/mol. The fourth-order valence-corrected chi connectivity index (χ4v) is 4.47. The number of hydrogen-bond donors (Lipinski definition) is 0. The van der Waals surface area contributed by atoms with E-state index < -0.39 is 0 Å². The Balaban J connectivity index is 1.63. The summed E-state index contributed by atoms with van der Waals surface area (Å²) in [6, 6.07) is 26.5. The molecule has 0 saturated carbocycles. The van der Waals surface area contributed by atoms with Crippen molar-refractivity contribution in [1.29, 1.82) is 0 Å². The summed E-state index contributed by atoms with van der Waals surface area (Å²) in [5.41, 5.74) is 9.30. The predicted octanol–water partition coefficient (Wildman–Crippen LogP) is 8.65. The summed E-state index contributed by atoms with van der Waals surface area (Å²) in [5, 5.41) is 0. The Labute approximate surface area is 215 Å². The van der Waals surface area contributed by atoms with Crippen LogP contribution in [0.3, 0.4) is 0 Å². The SMILES string of the molecule is C=Cc1c(-c2ccc(-c3cccnc3)cc2)cc(-c2ccc(-c3cccnc3)cc2)c(OCl)c1N=C. The van der Waals surface area contributed by atoms with Gasteiger partial charge in [-0.3, -0.25) is 15.0 Å². The lowest BCUT2D eigenvalue weighted by Crippen LogP contribution is -1.92. The number of hydrogen-bond acceptors (Lipinski definition) is 4. The van der Waals surface area contributed by atoms with Crippen LogP contribution in [0, 0.1) is 0 Å². The van der Waals surface area contributed by atoms with Gasteiger partial charge in [-0.15, -0.1) is 0 Å². The number of aliphatic imine (C=N–C) groups is 1. The molecule has 0 bridgehead atoms. The molecule has 0 radical (unpaired) electrons. The van der Waals surface area contributed by atoms with Crippen LogP contribution in [0.15, 0.2) is 115 Å². The highest BCUT2D eigenvalue weighted by Crippen LogP contribution is 2.47. The van der Waals surface area contributed by atoms with E-state index in [4.69, 9.17) is 16.2 Å². The molecule has 2 heterocycles. The van der Waals surface area contributed by atoms with Gasteiger partial charge in [0.2, 0.25) is 0 Å². The molecule has 2 aromatic heterocycles. The molecule has 0 aliphatic rings. The van der Waals surface area contributed by atoms with Gasteiger partial charge in [-0.05, 0) is 63.9 Å². The second-order valence-electron chi connectivity index (χ2n) is 8.14. The van der Waals surface area contributed by atoms with Crippen molar-refractivity contribution >= 4 is 30.3 Å². The fourth-order valence-electron chi connectivity index (χ4n) is 4.31. The summed E-state index contributed by atoms with van der Waals surface area (Å²) in [7, 11) is 0. The lowest BCUT2D eigenvalue weighted by Gasteiger charge is -2.17. The van der Waals surface area contributed by atoms with Crippen LogP contribution in [0.5, 0.6) is 5.75 Å². The summed E-state index contributed by atoms with van der Waals surface area (Å²) < 4.78 is 5.32. The molecule has 4 nitrogen and oxygen atoms in total. The average molecular weight is 488 g/mol. The molecule has 5 aromatic rings. The average Bonchev–Trinajstić information content (AvgIpc) is 2.97. The van der Waals surface area contributed by atoms with Crippen LogP contribution in [0.4, 0.5) is 5.69 Å². The Bertz CT molecular complexity index is 1520. The maximum Gasteiger partial charge on any atom is 0.180 e. The van der Waals surface area contributed by atoms with E-state index in [9.17, 15) is 0 Å². The Morgan fingerprint density at radius 1 is 0.694 bits per heavy atom. The van der Waals surface area contributed by atoms with Crippen molar-refractivity contribution in [2.24, 2.45) is 4.99 Å². The van der Waals surface area contributed by atoms with Crippen LogP contribution in [0.2, 0.25) is 0 Å². The summed E-state index contributed by atoms with van der Waals surface area (Å²) in [6.45, 7) is 7.79. The molecule has 0 unspecified atom stereocenters. The minimum absolute atomic E-state index is 0.437. The van der Waals surface area contributed by atoms with Crippen molar-refractivity contribution in [3.05, 3.63) is 116 Å². The first-order valence-electron chi connectivity index (χ1n) is 11.3. The molecular weight excluding hydrogens is 466 g/mol. The highest BCUT2D eigenvalue weighted by atomic mass is 35.5. The van der Waals surface area contributed by atoms with Gasteiger partial charge in [-0.25, -0.2) is 0 Å². The summed E-state index contributed by atoms with van der Waals surface area (Å²) in [5.74, 6) is 0.437. The number of nitrogens with zero attached hydrogens (tertiary/aromatic N) is 3. The molecular formula is C31H22ClN3O. The summed E-state index contributed by atoms with van der Waals surface area (Å²) in [4.78, 5) is 12.7. The zero-order chi connectivity index (χ0) is 24.9. The third-order valence-corrected chi connectivity index (χ3v) is 6.27. The normalized spacial score (nSPS) is 10.6. The third-order valence-electron chi connectivity index (χ3n) is 6.11. The zero-order valence-electron chi connectivity index (χ0n) is 19.4. The van der Waals surface area contributed by atoms with E-state index in [0.29, 0.717) is 11.4 Å². The van der Waals surface area contributed by atoms with Crippen molar-refractivity contribution in [3.8, 4) is 50.3 Å². The molecule has 0 fully saturated rings. The maximum absolute atomic E-state index is 5.97. The van der Waals surface area contributed by atoms with Gasteiger partial charge in [0.1, 0.15) is 17.6 Å². The second kappa shape index (κ2) is 10.4. The quantitative estimate of drug-likeness (QED) is 0.216. The van der Waals surface area contributed by atoms with E-state index >= 15 is 0 Å². The first kappa shape index (κ1) is 23.2. The van der Waals surface area contributed by atoms with Crippen LogP contribution in [-0.4, -0.2) is 16.7 Å². The van der Waals surface area contributed by atoms with Gasteiger partial charge in [-0.1, -0.05) is 73.3 Å². The summed E-state index contributed by atoms with van der Waals surface area (Å²) in [6.07, 6.45) is 8.97. The van der Waals surface area contributed by atoms with Crippen molar-refractivity contribution < 1.29 is 4.29 Å². The molecule has 0 aliphatic heterocycles. The smallest absolute Gasteiger partial charge is 0.180 e. The molecule has 3 aromatic carbocycles. The molecule has 5 rings (SSSR count). The van der Waals surface area contributed by atoms with Crippen LogP contribution in [0.25, 0.3) is 50.6 Å². The third kappa shape index (κ3) is 4.42. The number of aromatic nitrogens is 2. The first-order chi connectivity index (χ1) is 17.7. The second-order valence-corrected chi connectivity index (χ2v) is 8.29. The van der Waals surface area contributed by atoms with Gasteiger partial charge in [-0.2, -0.15) is 0 Å². The van der Waals surface area contributed by atoms with Crippen molar-refractivity contribution in [2.75, 3.05) is 0 Å². The topological polar surface area (TPSA) is 47.4 Å². The van der Waals surface area contributed by atoms with E-state index in [1.165, 1.54) is 0 Å². The van der Waals surface area contributed by atoms with Crippen LogP contribution >= 0.6 is 11.9 Å². The van der Waals surface area contributed by atoms with Gasteiger partial charge < -0.3 is 4.29 Å². The van der Waals surface area contributed by atoms with E-state index in [-0.39, 0.29) is 0 Å². The van der Waals surface area contributed by atoms with E-state index in [2.05, 4.69) is 70.7 Å². The lowest BCUT2D eigenvalue weighted by molar-refractivity contribution is 0.623. The van der Waals surface area contributed by atoms with Gasteiger partial charge in [0.25, 0.3) is 0 Å². The predicted molar refractivity (Wildman–Crippen MR) is 150 cm³/mol. The minimum atomic E-state index is 0.437. The Morgan fingerprint density at radius 3 is 1.61 bits per heavy atom. The zero-order valence-corrected chi connectivity index (χ0v) is 20.2. The van der Waals surface area contributed by atoms with Gasteiger partial charge in [0.05, 0.1) is 0 Å². The highest BCUT2D eigenvalue weighted by molar-refractivity contribution is 6.10. The maximum atomic E-state index is 5.97. The van der Waals surface area contributed by atoms with Crippen LogP contribution < -0.4 is 4.29 Å². The largest absolute Gasteiger partial charge is 0.383 e. The Kier molecular flexibility index (Phi) is 6.69. The molecule has 0 amide bonds. The molecule has 0 saturated heterocycles. The van der Waals surface area contributed by atoms with Gasteiger partial charge in [0.15, 0.2) is 5.75 Å². The number of halogens is 1. The Morgan fingerprint density at radius 2 is 1.19 bits per heavy atom. The number of rotatable bonds is 7. The number of pyridine rings is 2. The molecule has 0 spiro atoms. The van der Waals surface area contributed by atoms with Crippen molar-refractivity contribution in [1.82, 2.24) is 9.97 Å². The fraction of sp³-hybridized carbons (Fsp3) is 0. The number of benzene rings is 3. The van der Waals surface area contributed by atoms with E-state index in [0.717, 1.165) is 50.1 Å². The highest BCUT2D eigenvalue weighted by Gasteiger charge is 2.20. The molecule has 36 heavy (non-hydrogen) atoms. The first-order valence-corrected chi connectivity index (χ1v) is 11.6. The van der Waals surface area contributed by atoms with Gasteiger partial charge in [0, 0.05) is 35.9 Å². The molecule has 0 N–H and O–H groups in total. The standard InChI is InChI=1S/C31H22ClN3O/c1-3-27-28(23-12-8-21(9-13-23)25-6-4-16-34-19-25)18-29(31(36-32)30(27)33-2)24-14-10-22(11-15-24)26-7-5-17-35-20-26/h3-20H,1-2H2. The lowest BCUT2D eigenvalue weighted by atomic mass is 9.91. The van der Waals surface area contributed by atoms with E-state index in [1.807, 2.05) is 48.8 Å². The summed E-state index contributed by atoms with van der Waals surface area (Å²) >= 11 is 5.97. The molecule has 174 valence electrons. The van der Waals surface area contributed by atoms with Crippen LogP contribution in [0.1, 0.15) is 5.56 Å². The van der Waals surface area contributed by atoms with Gasteiger partial charge >= 0.3 is 0 Å². The van der Waals surface area contributed by atoms with Crippen molar-refractivity contribution in [3.63, 3.8) is 0 Å². The van der Waals surface area contributed by atoms with Crippen LogP contribution in [-0.2, 0) is 0 Å². The molecule has 0 aliphatic carbocycles. The minimum Gasteiger partial charge on any atom is -0.383 e. The van der Waals surface area contributed by atoms with Crippen molar-refractivity contribution in [2.45, 2.75) is 0 Å². The molecule has 0 atom stereocenters.